The molecule has 3 rings (SSSR count). The lowest BCUT2D eigenvalue weighted by molar-refractivity contribution is -0.137. The molecular formula is C18H19NO2. The number of aliphatic carboxylic acids is 1. The fraction of sp³-hybridized carbons (Fsp3) is 0.278. The number of carbonyl (C=O) groups is 1. The molecule has 0 saturated carbocycles. The number of aryl methyl sites for hydroxylation is 1. The Morgan fingerprint density at radius 2 is 1.90 bits per heavy atom. The molecule has 0 aliphatic carbocycles. The Balaban J connectivity index is 1.88. The SMILES string of the molecule is Cc1ccccc1CN1CC(CC(=O)O)c2ccccc21. The summed E-state index contributed by atoms with van der Waals surface area (Å²) in [6.45, 7) is 3.73. The second kappa shape index (κ2) is 5.60. The molecule has 1 N–H and O–H groups in total. The summed E-state index contributed by atoms with van der Waals surface area (Å²) in [5.74, 6) is -0.643. The van der Waals surface area contributed by atoms with Crippen LogP contribution < -0.4 is 4.90 Å². The number of carboxylic acid groups (broad SMARTS) is 1. The predicted octanol–water partition coefficient (Wildman–Crippen LogP) is 3.57. The molecule has 0 aromatic heterocycles. The summed E-state index contributed by atoms with van der Waals surface area (Å²) in [7, 11) is 0. The molecule has 1 aliphatic heterocycles. The van der Waals surface area contributed by atoms with Crippen LogP contribution in [0.25, 0.3) is 0 Å². The van der Waals surface area contributed by atoms with Gasteiger partial charge in [0.05, 0.1) is 6.42 Å². The molecule has 2 aromatic rings. The van der Waals surface area contributed by atoms with Gasteiger partial charge >= 0.3 is 5.97 Å². The van der Waals surface area contributed by atoms with Crippen molar-refractivity contribution < 1.29 is 9.90 Å². The fourth-order valence-corrected chi connectivity index (χ4v) is 3.11. The highest BCUT2D eigenvalue weighted by molar-refractivity contribution is 5.71. The van der Waals surface area contributed by atoms with Crippen molar-refractivity contribution in [3.8, 4) is 0 Å². The van der Waals surface area contributed by atoms with Crippen molar-refractivity contribution in [1.29, 1.82) is 0 Å². The van der Waals surface area contributed by atoms with Crippen LogP contribution in [-0.2, 0) is 11.3 Å². The van der Waals surface area contributed by atoms with Gasteiger partial charge in [-0.25, -0.2) is 0 Å². The van der Waals surface area contributed by atoms with Gasteiger partial charge in [-0.3, -0.25) is 4.79 Å². The molecular weight excluding hydrogens is 262 g/mol. The maximum atomic E-state index is 11.1. The zero-order valence-corrected chi connectivity index (χ0v) is 12.1. The highest BCUT2D eigenvalue weighted by Crippen LogP contribution is 2.38. The molecule has 1 heterocycles. The van der Waals surface area contributed by atoms with Crippen LogP contribution in [0.15, 0.2) is 48.5 Å². The van der Waals surface area contributed by atoms with Crippen molar-refractivity contribution >= 4 is 11.7 Å². The first kappa shape index (κ1) is 13.7. The van der Waals surface area contributed by atoms with E-state index in [9.17, 15) is 4.79 Å². The summed E-state index contributed by atoms with van der Waals surface area (Å²) in [5, 5.41) is 9.10. The first-order chi connectivity index (χ1) is 10.1. The lowest BCUT2D eigenvalue weighted by Gasteiger charge is -2.21. The van der Waals surface area contributed by atoms with E-state index >= 15 is 0 Å². The van der Waals surface area contributed by atoms with Gasteiger partial charge in [-0.1, -0.05) is 42.5 Å². The van der Waals surface area contributed by atoms with Crippen molar-refractivity contribution in [2.24, 2.45) is 0 Å². The van der Waals surface area contributed by atoms with E-state index in [-0.39, 0.29) is 12.3 Å². The maximum Gasteiger partial charge on any atom is 0.304 e. The Bertz CT molecular complexity index is 666. The summed E-state index contributed by atoms with van der Waals surface area (Å²) in [5.41, 5.74) is 4.90. The second-order valence-corrected chi connectivity index (χ2v) is 5.66. The lowest BCUT2D eigenvalue weighted by atomic mass is 9.98. The molecule has 0 fully saturated rings. The quantitative estimate of drug-likeness (QED) is 0.931. The zero-order valence-electron chi connectivity index (χ0n) is 12.1. The molecule has 1 atom stereocenters. The summed E-state index contributed by atoms with van der Waals surface area (Å²) in [6.07, 6.45) is 0.196. The average Bonchev–Trinajstić information content (AvgIpc) is 2.79. The van der Waals surface area contributed by atoms with E-state index in [2.05, 4.69) is 42.2 Å². The number of nitrogens with zero attached hydrogens (tertiary/aromatic N) is 1. The molecule has 0 bridgehead atoms. The fourth-order valence-electron chi connectivity index (χ4n) is 3.11. The van der Waals surface area contributed by atoms with E-state index < -0.39 is 5.97 Å². The number of carboxylic acids is 1. The molecule has 0 radical (unpaired) electrons. The minimum Gasteiger partial charge on any atom is -0.481 e. The van der Waals surface area contributed by atoms with E-state index in [1.165, 1.54) is 16.8 Å². The van der Waals surface area contributed by atoms with Gasteiger partial charge in [-0.05, 0) is 29.7 Å². The van der Waals surface area contributed by atoms with Crippen LogP contribution in [0.4, 0.5) is 5.69 Å². The molecule has 1 aliphatic rings. The van der Waals surface area contributed by atoms with Gasteiger partial charge in [-0.15, -0.1) is 0 Å². The number of anilines is 1. The first-order valence-electron chi connectivity index (χ1n) is 7.25. The van der Waals surface area contributed by atoms with Crippen molar-refractivity contribution in [1.82, 2.24) is 0 Å². The summed E-state index contributed by atoms with van der Waals surface area (Å²) < 4.78 is 0. The number of hydrogen-bond acceptors (Lipinski definition) is 2. The summed E-state index contributed by atoms with van der Waals surface area (Å²) in [4.78, 5) is 13.4. The Labute approximate surface area is 124 Å². The standard InChI is InChI=1S/C18H19NO2/c1-13-6-2-3-7-14(13)11-19-12-15(10-18(20)21)16-8-4-5-9-17(16)19/h2-9,15H,10-12H2,1H3,(H,20,21). The zero-order chi connectivity index (χ0) is 14.8. The molecule has 3 nitrogen and oxygen atoms in total. The van der Waals surface area contributed by atoms with E-state index in [0.717, 1.165) is 18.7 Å². The van der Waals surface area contributed by atoms with Gasteiger partial charge in [0, 0.05) is 24.7 Å². The third kappa shape index (κ3) is 2.77. The van der Waals surface area contributed by atoms with Crippen LogP contribution in [-0.4, -0.2) is 17.6 Å². The molecule has 0 spiro atoms. The van der Waals surface area contributed by atoms with Gasteiger partial charge in [-0.2, -0.15) is 0 Å². The third-order valence-corrected chi connectivity index (χ3v) is 4.20. The number of hydrogen-bond donors (Lipinski definition) is 1. The minimum absolute atomic E-state index is 0.0859. The van der Waals surface area contributed by atoms with Gasteiger partial charge < -0.3 is 10.0 Å². The van der Waals surface area contributed by atoms with Crippen LogP contribution in [0.1, 0.15) is 29.0 Å². The molecule has 2 aromatic carbocycles. The average molecular weight is 281 g/mol. The highest BCUT2D eigenvalue weighted by atomic mass is 16.4. The predicted molar refractivity (Wildman–Crippen MR) is 83.7 cm³/mol. The van der Waals surface area contributed by atoms with Crippen molar-refractivity contribution in [3.05, 3.63) is 65.2 Å². The lowest BCUT2D eigenvalue weighted by Crippen LogP contribution is -2.22. The van der Waals surface area contributed by atoms with Gasteiger partial charge in [0.1, 0.15) is 0 Å². The monoisotopic (exact) mass is 281 g/mol. The number of benzene rings is 2. The van der Waals surface area contributed by atoms with E-state index in [1.54, 1.807) is 0 Å². The third-order valence-electron chi connectivity index (χ3n) is 4.20. The Morgan fingerprint density at radius 3 is 2.67 bits per heavy atom. The first-order valence-corrected chi connectivity index (χ1v) is 7.25. The molecule has 1 unspecified atom stereocenters. The van der Waals surface area contributed by atoms with Crippen LogP contribution in [0.2, 0.25) is 0 Å². The molecule has 108 valence electrons. The van der Waals surface area contributed by atoms with Gasteiger partial charge in [0.25, 0.3) is 0 Å². The smallest absolute Gasteiger partial charge is 0.304 e. The second-order valence-electron chi connectivity index (χ2n) is 5.66. The maximum absolute atomic E-state index is 11.1. The molecule has 21 heavy (non-hydrogen) atoms. The topological polar surface area (TPSA) is 40.5 Å². The normalized spacial score (nSPS) is 16.8. The Hall–Kier alpha value is -2.29. The molecule has 3 heteroatoms. The number of rotatable bonds is 4. The van der Waals surface area contributed by atoms with Crippen LogP contribution in [0.5, 0.6) is 0 Å². The largest absolute Gasteiger partial charge is 0.481 e. The van der Waals surface area contributed by atoms with Crippen molar-refractivity contribution in [2.45, 2.75) is 25.8 Å². The number of fused-ring (bicyclic) bond motifs is 1. The Morgan fingerprint density at radius 1 is 1.19 bits per heavy atom. The van der Waals surface area contributed by atoms with Crippen molar-refractivity contribution in [3.63, 3.8) is 0 Å². The van der Waals surface area contributed by atoms with Crippen LogP contribution in [0, 0.1) is 6.92 Å². The van der Waals surface area contributed by atoms with Gasteiger partial charge in [0.2, 0.25) is 0 Å². The van der Waals surface area contributed by atoms with E-state index in [0.29, 0.717) is 0 Å². The van der Waals surface area contributed by atoms with Gasteiger partial charge in [0.15, 0.2) is 0 Å². The summed E-state index contributed by atoms with van der Waals surface area (Å²) in [6, 6.07) is 16.5. The van der Waals surface area contributed by atoms with E-state index in [4.69, 9.17) is 5.11 Å². The van der Waals surface area contributed by atoms with E-state index in [1.807, 2.05) is 18.2 Å². The Kier molecular flexibility index (Phi) is 3.65. The van der Waals surface area contributed by atoms with Crippen LogP contribution >= 0.6 is 0 Å². The minimum atomic E-state index is -0.729. The highest BCUT2D eigenvalue weighted by Gasteiger charge is 2.29. The van der Waals surface area contributed by atoms with Crippen LogP contribution in [0.3, 0.4) is 0 Å². The molecule has 0 saturated heterocycles. The van der Waals surface area contributed by atoms with Crippen molar-refractivity contribution in [2.75, 3.05) is 11.4 Å². The summed E-state index contributed by atoms with van der Waals surface area (Å²) >= 11 is 0. The molecule has 0 amide bonds. The number of para-hydroxylation sites is 1.